The minimum atomic E-state index is -4.48. The van der Waals surface area contributed by atoms with E-state index in [1.807, 2.05) is 6.07 Å². The molecule has 0 amide bonds. The molecule has 1 unspecified atom stereocenters. The topological polar surface area (TPSA) is 71.9 Å². The second kappa shape index (κ2) is 6.02. The Hall–Kier alpha value is -3.53. The third kappa shape index (κ3) is 2.75. The first-order chi connectivity index (χ1) is 12.9. The van der Waals surface area contributed by atoms with E-state index in [2.05, 4.69) is 4.98 Å². The molecule has 1 atom stereocenters. The normalized spacial score (nSPS) is 16.6. The van der Waals surface area contributed by atoms with Gasteiger partial charge in [-0.25, -0.2) is 0 Å². The summed E-state index contributed by atoms with van der Waals surface area (Å²) in [5, 5.41) is 11.1. The average Bonchev–Trinajstić information content (AvgIpc) is 2.66. The minimum Gasteiger partial charge on any atom is -0.440 e. The largest absolute Gasteiger partial charge is 0.440 e. The van der Waals surface area contributed by atoms with Gasteiger partial charge in [-0.15, -0.1) is 0 Å². The molecule has 27 heavy (non-hydrogen) atoms. The molecule has 2 N–H and O–H groups in total. The van der Waals surface area contributed by atoms with Crippen LogP contribution in [0.25, 0.3) is 10.8 Å². The molecule has 0 saturated carbocycles. The van der Waals surface area contributed by atoms with E-state index >= 15 is 0 Å². The summed E-state index contributed by atoms with van der Waals surface area (Å²) in [4.78, 5) is 4.05. The molecule has 3 aromatic rings. The highest BCUT2D eigenvalue weighted by Gasteiger charge is 2.35. The van der Waals surface area contributed by atoms with Crippen LogP contribution < -0.4 is 10.5 Å². The summed E-state index contributed by atoms with van der Waals surface area (Å²) in [5.41, 5.74) is 6.14. The van der Waals surface area contributed by atoms with Crippen LogP contribution in [0, 0.1) is 11.3 Å². The molecular formula is C20H12F3N3O. The Balaban J connectivity index is 1.98. The highest BCUT2D eigenvalue weighted by atomic mass is 19.4. The van der Waals surface area contributed by atoms with Crippen molar-refractivity contribution in [3.63, 3.8) is 0 Å². The molecule has 1 aromatic heterocycles. The average molecular weight is 367 g/mol. The van der Waals surface area contributed by atoms with E-state index in [1.54, 1.807) is 36.7 Å². The predicted octanol–water partition coefficient (Wildman–Crippen LogP) is 4.47. The van der Waals surface area contributed by atoms with E-state index in [0.717, 1.165) is 22.9 Å². The number of nitrogens with zero attached hydrogens (tertiary/aromatic N) is 2. The maximum atomic E-state index is 13.2. The summed E-state index contributed by atoms with van der Waals surface area (Å²) in [6, 6.07) is 12.2. The zero-order valence-corrected chi connectivity index (χ0v) is 13.8. The van der Waals surface area contributed by atoms with Gasteiger partial charge in [0, 0.05) is 28.7 Å². The van der Waals surface area contributed by atoms with Crippen LogP contribution in [0.3, 0.4) is 0 Å². The molecular weight excluding hydrogens is 355 g/mol. The Kier molecular flexibility index (Phi) is 3.77. The molecule has 0 bridgehead atoms. The molecule has 1 aliphatic rings. The molecule has 2 aromatic carbocycles. The zero-order chi connectivity index (χ0) is 19.2. The number of hydrogen-bond acceptors (Lipinski definition) is 4. The molecule has 2 heterocycles. The van der Waals surface area contributed by atoms with Crippen molar-refractivity contribution < 1.29 is 17.9 Å². The number of nitriles is 1. The van der Waals surface area contributed by atoms with Crippen LogP contribution in [0.2, 0.25) is 0 Å². The Morgan fingerprint density at radius 1 is 1.15 bits per heavy atom. The van der Waals surface area contributed by atoms with E-state index in [1.165, 1.54) is 6.07 Å². The molecule has 7 heteroatoms. The van der Waals surface area contributed by atoms with Gasteiger partial charge in [0.05, 0.1) is 11.5 Å². The fourth-order valence-corrected chi connectivity index (χ4v) is 3.32. The maximum Gasteiger partial charge on any atom is 0.416 e. The van der Waals surface area contributed by atoms with Gasteiger partial charge in [-0.05, 0) is 17.7 Å². The lowest BCUT2D eigenvalue weighted by molar-refractivity contribution is -0.137. The first-order valence-electron chi connectivity index (χ1n) is 8.01. The summed E-state index contributed by atoms with van der Waals surface area (Å²) in [6.45, 7) is 0. The lowest BCUT2D eigenvalue weighted by Crippen LogP contribution is -2.21. The summed E-state index contributed by atoms with van der Waals surface area (Å²) < 4.78 is 45.2. The quantitative estimate of drug-likeness (QED) is 0.689. The van der Waals surface area contributed by atoms with E-state index in [-0.39, 0.29) is 11.5 Å². The Bertz CT molecular complexity index is 1130. The molecule has 134 valence electrons. The standard InChI is InChI=1S/C20H12F3N3O/c21-20(22,23)13-3-1-2-11(8-13)17-15-5-4-12-10-26-7-6-14(12)18(15)27-19(25)16(17)9-24/h1-8,10,17H,25H2. The number of fused-ring (bicyclic) bond motifs is 3. The van der Waals surface area contributed by atoms with Gasteiger partial charge >= 0.3 is 6.18 Å². The van der Waals surface area contributed by atoms with Gasteiger partial charge < -0.3 is 10.5 Å². The smallest absolute Gasteiger partial charge is 0.416 e. The number of hydrogen-bond donors (Lipinski definition) is 1. The van der Waals surface area contributed by atoms with E-state index in [0.29, 0.717) is 16.9 Å². The zero-order valence-electron chi connectivity index (χ0n) is 13.8. The molecule has 0 fully saturated rings. The summed E-state index contributed by atoms with van der Waals surface area (Å²) in [6.07, 6.45) is -1.25. The van der Waals surface area contributed by atoms with Crippen molar-refractivity contribution in [3.05, 3.63) is 83.0 Å². The second-order valence-electron chi connectivity index (χ2n) is 6.13. The maximum absolute atomic E-state index is 13.2. The summed E-state index contributed by atoms with van der Waals surface area (Å²) in [7, 11) is 0. The van der Waals surface area contributed by atoms with Gasteiger partial charge in [-0.1, -0.05) is 30.3 Å². The second-order valence-corrected chi connectivity index (χ2v) is 6.13. The van der Waals surface area contributed by atoms with E-state index < -0.39 is 17.7 Å². The van der Waals surface area contributed by atoms with Crippen LogP contribution in [0.4, 0.5) is 13.2 Å². The number of nitrogens with two attached hydrogens (primary N) is 1. The van der Waals surface area contributed by atoms with Gasteiger partial charge in [-0.2, -0.15) is 18.4 Å². The highest BCUT2D eigenvalue weighted by molar-refractivity contribution is 5.90. The van der Waals surface area contributed by atoms with Gasteiger partial charge in [0.15, 0.2) is 0 Å². The number of benzene rings is 2. The molecule has 1 aliphatic heterocycles. The predicted molar refractivity (Wildman–Crippen MR) is 92.5 cm³/mol. The first-order valence-corrected chi connectivity index (χ1v) is 8.01. The molecule has 4 rings (SSSR count). The fraction of sp³-hybridized carbons (Fsp3) is 0.100. The van der Waals surface area contributed by atoms with Crippen LogP contribution in [0.5, 0.6) is 5.75 Å². The number of pyridine rings is 1. The van der Waals surface area contributed by atoms with Crippen molar-refractivity contribution >= 4 is 10.8 Å². The summed E-state index contributed by atoms with van der Waals surface area (Å²) >= 11 is 0. The van der Waals surface area contributed by atoms with Crippen LogP contribution >= 0.6 is 0 Å². The molecule has 0 saturated heterocycles. The van der Waals surface area contributed by atoms with Crippen molar-refractivity contribution in [2.24, 2.45) is 5.73 Å². The van der Waals surface area contributed by atoms with E-state index in [9.17, 15) is 18.4 Å². The highest BCUT2D eigenvalue weighted by Crippen LogP contribution is 2.45. The fourth-order valence-electron chi connectivity index (χ4n) is 3.32. The Morgan fingerprint density at radius 2 is 1.96 bits per heavy atom. The number of ether oxygens (including phenoxy) is 1. The van der Waals surface area contributed by atoms with Gasteiger partial charge in [0.25, 0.3) is 0 Å². The molecule has 0 spiro atoms. The third-order valence-electron chi connectivity index (χ3n) is 4.55. The van der Waals surface area contributed by atoms with Gasteiger partial charge in [-0.3, -0.25) is 4.98 Å². The third-order valence-corrected chi connectivity index (χ3v) is 4.55. The van der Waals surface area contributed by atoms with Crippen LogP contribution in [-0.2, 0) is 6.18 Å². The van der Waals surface area contributed by atoms with Crippen molar-refractivity contribution in [2.45, 2.75) is 12.1 Å². The SMILES string of the molecule is N#CC1=C(N)Oc2c(ccc3cnccc23)C1c1cccc(C(F)(F)F)c1. The van der Waals surface area contributed by atoms with Crippen molar-refractivity contribution in [2.75, 3.05) is 0 Å². The lowest BCUT2D eigenvalue weighted by Gasteiger charge is -2.27. The van der Waals surface area contributed by atoms with Crippen LogP contribution in [0.1, 0.15) is 22.6 Å². The molecule has 4 nitrogen and oxygen atoms in total. The lowest BCUT2D eigenvalue weighted by atomic mass is 9.82. The van der Waals surface area contributed by atoms with Crippen molar-refractivity contribution in [3.8, 4) is 11.8 Å². The van der Waals surface area contributed by atoms with Crippen molar-refractivity contribution in [1.82, 2.24) is 4.98 Å². The Morgan fingerprint density at radius 3 is 2.70 bits per heavy atom. The van der Waals surface area contributed by atoms with E-state index in [4.69, 9.17) is 10.5 Å². The van der Waals surface area contributed by atoms with Gasteiger partial charge in [0.2, 0.25) is 5.88 Å². The minimum absolute atomic E-state index is 0.0789. The monoisotopic (exact) mass is 367 g/mol. The Labute approximate surface area is 152 Å². The molecule has 0 aliphatic carbocycles. The number of alkyl halides is 3. The van der Waals surface area contributed by atoms with Crippen molar-refractivity contribution in [1.29, 1.82) is 5.26 Å². The van der Waals surface area contributed by atoms with Gasteiger partial charge in [0.1, 0.15) is 17.4 Å². The first kappa shape index (κ1) is 16.9. The number of allylic oxidation sites excluding steroid dienone is 1. The van der Waals surface area contributed by atoms with Crippen LogP contribution in [0.15, 0.2) is 66.3 Å². The summed E-state index contributed by atoms with van der Waals surface area (Å²) in [5.74, 6) is -0.441. The molecule has 0 radical (unpaired) electrons. The number of halogens is 3. The van der Waals surface area contributed by atoms with Crippen LogP contribution in [-0.4, -0.2) is 4.98 Å². The number of aromatic nitrogens is 1. The number of rotatable bonds is 1.